The van der Waals surface area contributed by atoms with Crippen molar-refractivity contribution >= 4 is 28.3 Å². The standard InChI is InChI=1S/C24H19F2N5O3S/c1-2-15-3-7-18(8-4-15)28-30-22(20(32)16-5-9-19(10-6-16)33-23(25)26)35-24-31-29-21(34-24)17-11-13-27-14-12-17/h3-14,23,28H,2H2,1H3/b30-22+. The van der Waals surface area contributed by atoms with Crippen molar-refractivity contribution in [1.29, 1.82) is 0 Å². The molecule has 8 nitrogen and oxygen atoms in total. The Hall–Kier alpha value is -4.12. The van der Waals surface area contributed by atoms with Crippen LogP contribution in [0.4, 0.5) is 14.5 Å². The first-order valence-corrected chi connectivity index (χ1v) is 11.3. The third kappa shape index (κ3) is 6.48. The zero-order valence-electron chi connectivity index (χ0n) is 18.4. The van der Waals surface area contributed by atoms with Gasteiger partial charge in [-0.1, -0.05) is 19.1 Å². The maximum Gasteiger partial charge on any atom is 0.387 e. The average molecular weight is 496 g/mol. The predicted octanol–water partition coefficient (Wildman–Crippen LogP) is 5.70. The molecule has 2 aromatic heterocycles. The van der Waals surface area contributed by atoms with Crippen molar-refractivity contribution < 1.29 is 22.7 Å². The van der Waals surface area contributed by atoms with Crippen LogP contribution in [0.2, 0.25) is 0 Å². The Balaban J connectivity index is 1.58. The van der Waals surface area contributed by atoms with Gasteiger partial charge in [0.15, 0.2) is 5.04 Å². The van der Waals surface area contributed by atoms with Crippen LogP contribution in [0.5, 0.6) is 5.75 Å². The number of hydrazone groups is 1. The number of halogens is 2. The number of aryl methyl sites for hydroxylation is 1. The van der Waals surface area contributed by atoms with E-state index in [1.165, 1.54) is 24.3 Å². The Morgan fingerprint density at radius 3 is 2.43 bits per heavy atom. The molecule has 0 saturated carbocycles. The summed E-state index contributed by atoms with van der Waals surface area (Å²) in [5.41, 5.74) is 5.59. The van der Waals surface area contributed by atoms with Crippen molar-refractivity contribution in [2.24, 2.45) is 5.10 Å². The zero-order chi connectivity index (χ0) is 24.6. The van der Waals surface area contributed by atoms with Gasteiger partial charge in [-0.25, -0.2) is 0 Å². The lowest BCUT2D eigenvalue weighted by Gasteiger charge is -2.07. The van der Waals surface area contributed by atoms with E-state index in [-0.39, 0.29) is 27.5 Å². The van der Waals surface area contributed by atoms with Gasteiger partial charge in [0.25, 0.3) is 5.22 Å². The van der Waals surface area contributed by atoms with Gasteiger partial charge >= 0.3 is 6.61 Å². The molecule has 0 bridgehead atoms. The van der Waals surface area contributed by atoms with Gasteiger partial charge in [0.05, 0.1) is 5.69 Å². The molecular weight excluding hydrogens is 476 g/mol. The van der Waals surface area contributed by atoms with Crippen LogP contribution >= 0.6 is 11.8 Å². The highest BCUT2D eigenvalue weighted by Crippen LogP contribution is 2.26. The van der Waals surface area contributed by atoms with E-state index in [0.29, 0.717) is 11.3 Å². The minimum Gasteiger partial charge on any atom is -0.435 e. The molecular formula is C24H19F2N5O3S. The zero-order valence-corrected chi connectivity index (χ0v) is 19.2. The molecule has 4 aromatic rings. The Morgan fingerprint density at radius 2 is 1.77 bits per heavy atom. The average Bonchev–Trinajstić information content (AvgIpc) is 3.36. The number of hydrogen-bond acceptors (Lipinski definition) is 9. The number of carbonyl (C=O) groups is 1. The van der Waals surface area contributed by atoms with E-state index in [0.717, 1.165) is 23.7 Å². The Labute approximate surface area is 203 Å². The lowest BCUT2D eigenvalue weighted by molar-refractivity contribution is -0.0498. The van der Waals surface area contributed by atoms with Crippen LogP contribution in [0, 0.1) is 0 Å². The number of ketones is 1. The summed E-state index contributed by atoms with van der Waals surface area (Å²) in [5.74, 6) is -0.269. The summed E-state index contributed by atoms with van der Waals surface area (Å²) in [5, 5.41) is 12.4. The fourth-order valence-electron chi connectivity index (χ4n) is 2.91. The number of pyridine rings is 1. The number of anilines is 1. The van der Waals surface area contributed by atoms with E-state index in [1.807, 2.05) is 24.3 Å². The molecule has 0 saturated heterocycles. The number of nitrogens with one attached hydrogen (secondary N) is 1. The van der Waals surface area contributed by atoms with Crippen molar-refractivity contribution in [1.82, 2.24) is 15.2 Å². The van der Waals surface area contributed by atoms with E-state index in [9.17, 15) is 13.6 Å². The first kappa shape index (κ1) is 24.0. The minimum atomic E-state index is -2.96. The molecule has 35 heavy (non-hydrogen) atoms. The van der Waals surface area contributed by atoms with Gasteiger partial charge in [-0.05, 0) is 72.3 Å². The molecule has 0 unspecified atom stereocenters. The number of aromatic nitrogens is 3. The molecule has 0 amide bonds. The molecule has 2 aromatic carbocycles. The molecule has 11 heteroatoms. The largest absolute Gasteiger partial charge is 0.435 e. The van der Waals surface area contributed by atoms with Crippen molar-refractivity contribution in [2.45, 2.75) is 25.2 Å². The number of rotatable bonds is 9. The smallest absolute Gasteiger partial charge is 0.387 e. The number of carbonyl (C=O) groups excluding carboxylic acids is 1. The number of hydrogen-bond donors (Lipinski definition) is 1. The van der Waals surface area contributed by atoms with Crippen molar-refractivity contribution in [2.75, 3.05) is 5.43 Å². The van der Waals surface area contributed by atoms with Gasteiger partial charge < -0.3 is 9.15 Å². The summed E-state index contributed by atoms with van der Waals surface area (Å²) in [6.07, 6.45) is 4.08. The van der Waals surface area contributed by atoms with Crippen LogP contribution < -0.4 is 10.2 Å². The Bertz CT molecular complexity index is 1300. The van der Waals surface area contributed by atoms with Crippen molar-refractivity contribution in [3.05, 3.63) is 84.2 Å². The topological polar surface area (TPSA) is 103 Å². The van der Waals surface area contributed by atoms with Gasteiger partial charge in [-0.2, -0.15) is 13.9 Å². The molecule has 0 aliphatic carbocycles. The third-order valence-corrected chi connectivity index (χ3v) is 5.51. The molecule has 0 atom stereocenters. The lowest BCUT2D eigenvalue weighted by atomic mass is 10.1. The second kappa shape index (κ2) is 11.3. The fourth-order valence-corrected chi connectivity index (χ4v) is 3.58. The van der Waals surface area contributed by atoms with E-state index in [2.05, 4.69) is 37.4 Å². The normalized spacial score (nSPS) is 11.5. The summed E-state index contributed by atoms with van der Waals surface area (Å²) in [6, 6.07) is 16.4. The number of benzene rings is 2. The van der Waals surface area contributed by atoms with E-state index >= 15 is 0 Å². The number of nitrogens with zero attached hydrogens (tertiary/aromatic N) is 4. The van der Waals surface area contributed by atoms with Gasteiger partial charge in [-0.3, -0.25) is 15.2 Å². The van der Waals surface area contributed by atoms with E-state index in [4.69, 9.17) is 4.42 Å². The van der Waals surface area contributed by atoms with Crippen molar-refractivity contribution in [3.8, 4) is 17.2 Å². The molecule has 0 fully saturated rings. The second-order valence-corrected chi connectivity index (χ2v) is 7.96. The minimum absolute atomic E-state index is 0.0111. The first-order valence-electron chi connectivity index (χ1n) is 10.5. The molecule has 0 spiro atoms. The highest BCUT2D eigenvalue weighted by Gasteiger charge is 2.21. The molecule has 2 heterocycles. The van der Waals surface area contributed by atoms with Crippen LogP contribution in [0.1, 0.15) is 22.8 Å². The summed E-state index contributed by atoms with van der Waals surface area (Å²) >= 11 is 0.880. The highest BCUT2D eigenvalue weighted by atomic mass is 32.2. The van der Waals surface area contributed by atoms with Crippen molar-refractivity contribution in [3.63, 3.8) is 0 Å². The summed E-state index contributed by atoms with van der Waals surface area (Å²) < 4.78 is 34.9. The Kier molecular flexibility index (Phi) is 7.78. The lowest BCUT2D eigenvalue weighted by Crippen LogP contribution is -2.13. The fraction of sp³-hybridized carbons (Fsp3) is 0.125. The van der Waals surface area contributed by atoms with Crippen LogP contribution in [0.3, 0.4) is 0 Å². The van der Waals surface area contributed by atoms with Crippen LogP contribution in [-0.4, -0.2) is 32.6 Å². The quantitative estimate of drug-likeness (QED) is 0.104. The predicted molar refractivity (Wildman–Crippen MR) is 128 cm³/mol. The Morgan fingerprint density at radius 1 is 1.06 bits per heavy atom. The second-order valence-electron chi connectivity index (χ2n) is 7.02. The van der Waals surface area contributed by atoms with Crippen LogP contribution in [-0.2, 0) is 6.42 Å². The molecule has 0 aliphatic heterocycles. The highest BCUT2D eigenvalue weighted by molar-refractivity contribution is 8.15. The SMILES string of the molecule is CCc1ccc(N/N=C(/Sc2nnc(-c3ccncc3)o2)C(=O)c2ccc(OC(F)F)cc2)cc1. The van der Waals surface area contributed by atoms with Crippen LogP contribution in [0.25, 0.3) is 11.5 Å². The van der Waals surface area contributed by atoms with Gasteiger partial charge in [0, 0.05) is 23.5 Å². The number of thioether (sulfide) groups is 1. The molecule has 4 rings (SSSR count). The molecule has 1 N–H and O–H groups in total. The monoisotopic (exact) mass is 495 g/mol. The summed E-state index contributed by atoms with van der Waals surface area (Å²) in [7, 11) is 0. The number of alkyl halides is 2. The van der Waals surface area contributed by atoms with Gasteiger partial charge in [-0.15, -0.1) is 10.2 Å². The van der Waals surface area contributed by atoms with Gasteiger partial charge in [0.2, 0.25) is 11.7 Å². The summed E-state index contributed by atoms with van der Waals surface area (Å²) in [4.78, 5) is 17.2. The van der Waals surface area contributed by atoms with E-state index in [1.54, 1.807) is 24.5 Å². The third-order valence-electron chi connectivity index (χ3n) is 4.70. The molecule has 178 valence electrons. The number of Topliss-reactive ketones (excluding diaryl/α,β-unsaturated/α-hetero) is 1. The van der Waals surface area contributed by atoms with Gasteiger partial charge in [0.1, 0.15) is 5.75 Å². The first-order chi connectivity index (χ1) is 17.0. The molecule has 0 aliphatic rings. The van der Waals surface area contributed by atoms with E-state index < -0.39 is 12.4 Å². The summed E-state index contributed by atoms with van der Waals surface area (Å²) in [6.45, 7) is -0.907. The molecule has 0 radical (unpaired) electrons. The maximum absolute atomic E-state index is 13.2. The maximum atomic E-state index is 13.2. The van der Waals surface area contributed by atoms with Crippen LogP contribution in [0.15, 0.2) is 87.8 Å². The number of ether oxygens (including phenoxy) is 1.